The van der Waals surface area contributed by atoms with Gasteiger partial charge in [0.2, 0.25) is 5.91 Å². The van der Waals surface area contributed by atoms with Gasteiger partial charge in [-0.2, -0.15) is 0 Å². The van der Waals surface area contributed by atoms with Crippen molar-refractivity contribution in [2.75, 3.05) is 5.32 Å². The van der Waals surface area contributed by atoms with E-state index in [4.69, 9.17) is 5.73 Å². The molecule has 0 aromatic heterocycles. The first-order valence-corrected chi connectivity index (χ1v) is 5.92. The van der Waals surface area contributed by atoms with Crippen molar-refractivity contribution in [3.63, 3.8) is 0 Å². The van der Waals surface area contributed by atoms with Gasteiger partial charge < -0.3 is 11.1 Å². The molecule has 0 bridgehead atoms. The highest BCUT2D eigenvalue weighted by atomic mass is 79.9. The molecular weight excluding hydrogens is 268 g/mol. The van der Waals surface area contributed by atoms with E-state index < -0.39 is 6.04 Å². The summed E-state index contributed by atoms with van der Waals surface area (Å²) >= 11 is 3.37. The molecule has 0 aliphatic carbocycles. The van der Waals surface area contributed by atoms with Gasteiger partial charge in [-0.15, -0.1) is 0 Å². The van der Waals surface area contributed by atoms with Crippen molar-refractivity contribution in [1.82, 2.24) is 0 Å². The number of anilines is 1. The lowest BCUT2D eigenvalue weighted by molar-refractivity contribution is -0.119. The van der Waals surface area contributed by atoms with Gasteiger partial charge in [-0.25, -0.2) is 0 Å². The van der Waals surface area contributed by atoms with Crippen LogP contribution in [0.1, 0.15) is 20.8 Å². The second-order valence-electron chi connectivity index (χ2n) is 4.81. The average molecular weight is 285 g/mol. The van der Waals surface area contributed by atoms with Crippen LogP contribution >= 0.6 is 15.9 Å². The maximum Gasteiger partial charge on any atom is 0.241 e. The van der Waals surface area contributed by atoms with Gasteiger partial charge >= 0.3 is 0 Å². The molecule has 1 rings (SSSR count). The predicted octanol–water partition coefficient (Wildman–Crippen LogP) is 2.76. The third-order valence-electron chi connectivity index (χ3n) is 2.35. The first kappa shape index (κ1) is 13.2. The Balaban J connectivity index is 2.76. The van der Waals surface area contributed by atoms with E-state index in [1.165, 1.54) is 0 Å². The molecule has 1 amide bonds. The second kappa shape index (κ2) is 4.97. The van der Waals surface area contributed by atoms with Gasteiger partial charge in [0.05, 0.1) is 11.7 Å². The quantitative estimate of drug-likeness (QED) is 0.877. The summed E-state index contributed by atoms with van der Waals surface area (Å²) in [5, 5.41) is 2.81. The molecule has 1 atom stereocenters. The number of nitrogens with two attached hydrogens (primary N) is 1. The van der Waals surface area contributed by atoms with Crippen LogP contribution in [-0.2, 0) is 4.79 Å². The molecule has 0 radical (unpaired) electrons. The Hall–Kier alpha value is -0.870. The van der Waals surface area contributed by atoms with E-state index >= 15 is 0 Å². The van der Waals surface area contributed by atoms with E-state index in [-0.39, 0.29) is 11.3 Å². The molecule has 0 aliphatic heterocycles. The number of carbonyl (C=O) groups is 1. The van der Waals surface area contributed by atoms with E-state index in [1.807, 2.05) is 45.0 Å². The first-order valence-electron chi connectivity index (χ1n) is 5.13. The highest BCUT2D eigenvalue weighted by Gasteiger charge is 2.27. The summed E-state index contributed by atoms with van der Waals surface area (Å²) < 4.78 is 0.851. The molecular formula is C12H17BrN2O. The molecule has 3 N–H and O–H groups in total. The Morgan fingerprint density at radius 1 is 1.38 bits per heavy atom. The molecule has 0 unspecified atom stereocenters. The van der Waals surface area contributed by atoms with E-state index in [9.17, 15) is 4.79 Å². The Kier molecular flexibility index (Phi) is 4.10. The SMILES string of the molecule is CC(C)(C)[C@@H](N)C(=O)Nc1ccccc1Br. The van der Waals surface area contributed by atoms with Crippen LogP contribution in [0.25, 0.3) is 0 Å². The van der Waals surface area contributed by atoms with Gasteiger partial charge in [-0.1, -0.05) is 32.9 Å². The van der Waals surface area contributed by atoms with Crippen molar-refractivity contribution in [2.45, 2.75) is 26.8 Å². The fraction of sp³-hybridized carbons (Fsp3) is 0.417. The van der Waals surface area contributed by atoms with Gasteiger partial charge in [-0.3, -0.25) is 4.79 Å². The summed E-state index contributed by atoms with van der Waals surface area (Å²) in [6.45, 7) is 5.83. The standard InChI is InChI=1S/C12H17BrN2O/c1-12(2,3)10(14)11(16)15-9-7-5-4-6-8(9)13/h4-7,10H,14H2,1-3H3,(H,15,16)/t10-/m0/s1. The van der Waals surface area contributed by atoms with E-state index in [2.05, 4.69) is 21.2 Å². The topological polar surface area (TPSA) is 55.1 Å². The minimum Gasteiger partial charge on any atom is -0.324 e. The maximum atomic E-state index is 11.9. The zero-order valence-corrected chi connectivity index (χ0v) is 11.3. The normalized spacial score (nSPS) is 13.3. The smallest absolute Gasteiger partial charge is 0.241 e. The van der Waals surface area contributed by atoms with Crippen molar-refractivity contribution in [2.24, 2.45) is 11.1 Å². The summed E-state index contributed by atoms with van der Waals surface area (Å²) in [5.41, 5.74) is 6.36. The van der Waals surface area contributed by atoms with E-state index in [0.717, 1.165) is 10.2 Å². The lowest BCUT2D eigenvalue weighted by Crippen LogP contribution is -2.45. The van der Waals surface area contributed by atoms with Gasteiger partial charge in [0.1, 0.15) is 0 Å². The maximum absolute atomic E-state index is 11.9. The van der Waals surface area contributed by atoms with Crippen molar-refractivity contribution < 1.29 is 4.79 Å². The van der Waals surface area contributed by atoms with E-state index in [1.54, 1.807) is 0 Å². The highest BCUT2D eigenvalue weighted by Crippen LogP contribution is 2.23. The molecule has 1 aromatic carbocycles. The summed E-state index contributed by atoms with van der Waals surface area (Å²) in [6, 6.07) is 6.93. The molecule has 3 nitrogen and oxygen atoms in total. The predicted molar refractivity (Wildman–Crippen MR) is 70.2 cm³/mol. The second-order valence-corrected chi connectivity index (χ2v) is 5.67. The third kappa shape index (κ3) is 3.32. The van der Waals surface area contributed by atoms with Gasteiger partial charge in [-0.05, 0) is 33.5 Å². The van der Waals surface area contributed by atoms with Crippen molar-refractivity contribution in [1.29, 1.82) is 0 Å². The number of hydrogen-bond donors (Lipinski definition) is 2. The number of halogens is 1. The Morgan fingerprint density at radius 3 is 2.44 bits per heavy atom. The summed E-state index contributed by atoms with van der Waals surface area (Å²) in [7, 11) is 0. The fourth-order valence-electron chi connectivity index (χ4n) is 1.17. The lowest BCUT2D eigenvalue weighted by atomic mass is 9.87. The minimum atomic E-state index is -0.528. The van der Waals surface area contributed by atoms with Crippen LogP contribution in [0.5, 0.6) is 0 Å². The van der Waals surface area contributed by atoms with Crippen LogP contribution < -0.4 is 11.1 Å². The largest absolute Gasteiger partial charge is 0.324 e. The first-order chi connectivity index (χ1) is 7.32. The summed E-state index contributed by atoms with van der Waals surface area (Å²) in [4.78, 5) is 11.9. The molecule has 0 saturated carbocycles. The summed E-state index contributed by atoms with van der Waals surface area (Å²) in [5.74, 6) is -0.167. The van der Waals surface area contributed by atoms with Crippen molar-refractivity contribution >= 4 is 27.5 Å². The van der Waals surface area contributed by atoms with Crippen LogP contribution in [0.2, 0.25) is 0 Å². The molecule has 0 saturated heterocycles. The van der Waals surface area contributed by atoms with Crippen LogP contribution in [0.3, 0.4) is 0 Å². The van der Waals surface area contributed by atoms with Crippen molar-refractivity contribution in [3.05, 3.63) is 28.7 Å². The molecule has 0 heterocycles. The minimum absolute atomic E-state index is 0.167. The number of hydrogen-bond acceptors (Lipinski definition) is 2. The van der Waals surface area contributed by atoms with Crippen LogP contribution in [0.15, 0.2) is 28.7 Å². The number of nitrogens with one attached hydrogen (secondary N) is 1. The summed E-state index contributed by atoms with van der Waals surface area (Å²) in [6.07, 6.45) is 0. The average Bonchev–Trinajstić information content (AvgIpc) is 2.19. The number of carbonyl (C=O) groups excluding carboxylic acids is 1. The third-order valence-corrected chi connectivity index (χ3v) is 3.04. The number of benzene rings is 1. The molecule has 16 heavy (non-hydrogen) atoms. The van der Waals surface area contributed by atoms with Crippen LogP contribution in [0, 0.1) is 5.41 Å². The molecule has 4 heteroatoms. The highest BCUT2D eigenvalue weighted by molar-refractivity contribution is 9.10. The van der Waals surface area contributed by atoms with E-state index in [0.29, 0.717) is 0 Å². The number of para-hydroxylation sites is 1. The monoisotopic (exact) mass is 284 g/mol. The Labute approximate surface area is 105 Å². The van der Waals surface area contributed by atoms with Gasteiger partial charge in [0, 0.05) is 4.47 Å². The van der Waals surface area contributed by atoms with Crippen LogP contribution in [0.4, 0.5) is 5.69 Å². The van der Waals surface area contributed by atoms with Gasteiger partial charge in [0.15, 0.2) is 0 Å². The molecule has 88 valence electrons. The molecule has 1 aromatic rings. The van der Waals surface area contributed by atoms with Gasteiger partial charge in [0.25, 0.3) is 0 Å². The Bertz CT molecular complexity index is 385. The number of rotatable bonds is 2. The van der Waals surface area contributed by atoms with Crippen molar-refractivity contribution in [3.8, 4) is 0 Å². The molecule has 0 aliphatic rings. The molecule has 0 spiro atoms. The zero-order chi connectivity index (χ0) is 12.3. The lowest BCUT2D eigenvalue weighted by Gasteiger charge is -2.26. The zero-order valence-electron chi connectivity index (χ0n) is 9.75. The van der Waals surface area contributed by atoms with Crippen LogP contribution in [-0.4, -0.2) is 11.9 Å². The molecule has 0 fully saturated rings. The number of amides is 1. The fourth-order valence-corrected chi connectivity index (χ4v) is 1.55. The Morgan fingerprint density at radius 2 is 1.94 bits per heavy atom.